The summed E-state index contributed by atoms with van der Waals surface area (Å²) in [5, 5.41) is 0. The van der Waals surface area contributed by atoms with Crippen LogP contribution in [0, 0.1) is 7.14 Å². The third-order valence-corrected chi connectivity index (χ3v) is 6.09. The number of benzene rings is 2. The van der Waals surface area contributed by atoms with E-state index in [-0.39, 0.29) is 21.2 Å². The molecule has 146 valence electrons. The summed E-state index contributed by atoms with van der Waals surface area (Å²) < 4.78 is 66.1. The van der Waals surface area contributed by atoms with E-state index in [0.717, 1.165) is 18.8 Å². The van der Waals surface area contributed by atoms with E-state index in [0.29, 0.717) is 0 Å². The summed E-state index contributed by atoms with van der Waals surface area (Å²) in [5.41, 5.74) is -5.53. The molecular formula is C17H19F3IO4S-. The maximum atomic E-state index is 10.7. The molecule has 2 aromatic rings. The molecule has 0 saturated heterocycles. The third-order valence-electron chi connectivity index (χ3n) is 2.82. The summed E-state index contributed by atoms with van der Waals surface area (Å²) in [5.74, 6) is 0.990. The molecule has 2 aromatic carbocycles. The Bertz CT molecular complexity index is 748. The molecule has 0 radical (unpaired) electrons. The van der Waals surface area contributed by atoms with Crippen molar-refractivity contribution in [1.29, 1.82) is 0 Å². The second kappa shape index (κ2) is 10.7. The molecule has 2 rings (SSSR count). The number of ether oxygens (including phenoxy) is 1. The first kappa shape index (κ1) is 22.7. The monoisotopic (exact) mass is 503 g/mol. The van der Waals surface area contributed by atoms with Crippen LogP contribution >= 0.6 is 0 Å². The topological polar surface area (TPSA) is 63.6 Å². The standard InChI is InChI=1S/C16H18IO.CHF3O3S/c1-2-3-13-18-16-11-9-15(10-12-16)17-14-7-5-4-6-8-14;2-1(3,4)8(5,6)7/h4-12H,2-3,13H2,1H3;(H,5,6,7)/q-1;. The van der Waals surface area contributed by atoms with E-state index in [1.54, 1.807) is 0 Å². The maximum Gasteiger partial charge on any atom is 0.522 e. The van der Waals surface area contributed by atoms with E-state index < -0.39 is 15.6 Å². The van der Waals surface area contributed by atoms with Crippen LogP contribution in [0.4, 0.5) is 13.2 Å². The van der Waals surface area contributed by atoms with Crippen LogP contribution < -0.4 is 25.9 Å². The predicted octanol–water partition coefficient (Wildman–Crippen LogP) is 1.39. The Morgan fingerprint density at radius 1 is 1.00 bits per heavy atom. The predicted molar refractivity (Wildman–Crippen MR) is 88.3 cm³/mol. The van der Waals surface area contributed by atoms with Gasteiger partial charge in [-0.3, -0.25) is 4.55 Å². The van der Waals surface area contributed by atoms with E-state index >= 15 is 0 Å². The molecule has 1 N–H and O–H groups in total. The van der Waals surface area contributed by atoms with Crippen LogP contribution in [0.15, 0.2) is 54.6 Å². The summed E-state index contributed by atoms with van der Waals surface area (Å²) in [4.78, 5) is 0. The zero-order chi connectivity index (χ0) is 19.6. The van der Waals surface area contributed by atoms with Crippen molar-refractivity contribution >= 4 is 10.1 Å². The number of rotatable bonds is 6. The van der Waals surface area contributed by atoms with Gasteiger partial charge >= 0.3 is 135 Å². The fourth-order valence-electron chi connectivity index (χ4n) is 1.53. The molecule has 0 bridgehead atoms. The molecule has 0 aromatic heterocycles. The van der Waals surface area contributed by atoms with E-state index in [4.69, 9.17) is 17.7 Å². The summed E-state index contributed by atoms with van der Waals surface area (Å²) in [7, 11) is -5.84. The van der Waals surface area contributed by atoms with Crippen LogP contribution in [0.25, 0.3) is 0 Å². The van der Waals surface area contributed by atoms with Gasteiger partial charge in [-0.15, -0.1) is 0 Å². The molecular weight excluding hydrogens is 484 g/mol. The zero-order valence-electron chi connectivity index (χ0n) is 13.9. The van der Waals surface area contributed by atoms with E-state index in [2.05, 4.69) is 61.5 Å². The van der Waals surface area contributed by atoms with Gasteiger partial charge < -0.3 is 0 Å². The van der Waals surface area contributed by atoms with Gasteiger partial charge in [-0.1, -0.05) is 0 Å². The van der Waals surface area contributed by atoms with Crippen molar-refractivity contribution in [2.24, 2.45) is 0 Å². The molecule has 0 saturated carbocycles. The summed E-state index contributed by atoms with van der Waals surface area (Å²) in [6, 6.07) is 19.3. The molecule has 4 nitrogen and oxygen atoms in total. The van der Waals surface area contributed by atoms with Crippen LogP contribution in [-0.4, -0.2) is 25.1 Å². The molecule has 0 spiro atoms. The van der Waals surface area contributed by atoms with Gasteiger partial charge in [-0.25, -0.2) is 0 Å². The Morgan fingerprint density at radius 2 is 1.50 bits per heavy atom. The molecule has 9 heteroatoms. The van der Waals surface area contributed by atoms with E-state index in [1.165, 1.54) is 13.6 Å². The Hall–Kier alpha value is -1.33. The second-order valence-electron chi connectivity index (χ2n) is 4.97. The summed E-state index contributed by atoms with van der Waals surface area (Å²) in [6.07, 6.45) is 2.30. The normalized spacial score (nSPS) is 11.6. The molecule has 26 heavy (non-hydrogen) atoms. The Labute approximate surface area is 161 Å². The first-order valence-electron chi connectivity index (χ1n) is 7.60. The molecule has 0 unspecified atom stereocenters. The van der Waals surface area contributed by atoms with Crippen LogP contribution in [-0.2, 0) is 10.1 Å². The number of halogens is 4. The largest absolute Gasteiger partial charge is 0.522 e. The zero-order valence-corrected chi connectivity index (χ0v) is 16.9. The average Bonchev–Trinajstić information content (AvgIpc) is 2.56. The number of hydrogen-bond donors (Lipinski definition) is 1. The SMILES string of the molecule is CCCCOc1ccc([I-]c2ccccc2)cc1.O=S(=O)(O)C(F)(F)F. The molecule has 0 aliphatic rings. The minimum Gasteiger partial charge on any atom is -0.279 e. The molecule has 0 amide bonds. The van der Waals surface area contributed by atoms with Crippen LogP contribution in [0.3, 0.4) is 0 Å². The quantitative estimate of drug-likeness (QED) is 0.280. The van der Waals surface area contributed by atoms with Gasteiger partial charge in [0.2, 0.25) is 0 Å². The van der Waals surface area contributed by atoms with Crippen molar-refractivity contribution in [1.82, 2.24) is 0 Å². The van der Waals surface area contributed by atoms with Crippen LogP contribution in [0.5, 0.6) is 5.75 Å². The number of alkyl halides is 3. The van der Waals surface area contributed by atoms with Gasteiger partial charge in [-0.05, 0) is 0 Å². The molecule has 0 heterocycles. The first-order valence-corrected chi connectivity index (χ1v) is 11.2. The van der Waals surface area contributed by atoms with Crippen molar-refractivity contribution in [3.8, 4) is 5.75 Å². The smallest absolute Gasteiger partial charge is 0.279 e. The van der Waals surface area contributed by atoms with Crippen LogP contribution in [0.1, 0.15) is 19.8 Å². The summed E-state index contributed by atoms with van der Waals surface area (Å²) in [6.45, 7) is 3.00. The Balaban J connectivity index is 0.000000359. The molecule has 0 aliphatic heterocycles. The van der Waals surface area contributed by atoms with Crippen LogP contribution in [0.2, 0.25) is 0 Å². The van der Waals surface area contributed by atoms with Crippen molar-refractivity contribution < 1.29 is 52.1 Å². The molecule has 0 atom stereocenters. The van der Waals surface area contributed by atoms with E-state index in [1.807, 2.05) is 0 Å². The number of unbranched alkanes of at least 4 members (excludes halogenated alkanes) is 1. The van der Waals surface area contributed by atoms with Crippen molar-refractivity contribution in [3.05, 3.63) is 61.7 Å². The Morgan fingerprint density at radius 3 is 1.96 bits per heavy atom. The van der Waals surface area contributed by atoms with Gasteiger partial charge in [0, 0.05) is 0 Å². The molecule has 0 fully saturated rings. The van der Waals surface area contributed by atoms with E-state index in [9.17, 15) is 13.2 Å². The fraction of sp³-hybridized carbons (Fsp3) is 0.294. The van der Waals surface area contributed by atoms with Crippen molar-refractivity contribution in [3.63, 3.8) is 0 Å². The first-order chi connectivity index (χ1) is 12.1. The minimum absolute atomic E-state index is 0.0564. The number of hydrogen-bond acceptors (Lipinski definition) is 3. The third kappa shape index (κ3) is 8.86. The minimum atomic E-state index is -5.84. The van der Waals surface area contributed by atoms with Gasteiger partial charge in [-0.2, -0.15) is 21.6 Å². The van der Waals surface area contributed by atoms with Crippen molar-refractivity contribution in [2.75, 3.05) is 6.61 Å². The van der Waals surface area contributed by atoms with Gasteiger partial charge in [0.05, 0.1) is 0 Å². The summed E-state index contributed by atoms with van der Waals surface area (Å²) >= 11 is -0.0564. The van der Waals surface area contributed by atoms with Gasteiger partial charge in [0.1, 0.15) is 0 Å². The Kier molecular flexibility index (Phi) is 9.37. The molecule has 0 aliphatic carbocycles. The van der Waals surface area contributed by atoms with Gasteiger partial charge in [0.15, 0.2) is 0 Å². The fourth-order valence-corrected chi connectivity index (χ4v) is 3.74. The van der Waals surface area contributed by atoms with Crippen molar-refractivity contribution in [2.45, 2.75) is 25.3 Å². The average molecular weight is 503 g/mol. The second-order valence-corrected chi connectivity index (χ2v) is 9.41. The van der Waals surface area contributed by atoms with Gasteiger partial charge in [0.25, 0.3) is 0 Å². The maximum absolute atomic E-state index is 10.7.